The Balaban J connectivity index is 3.03. The largest absolute Gasteiger partial charge is 0.461 e. The molecule has 1 rings (SSSR count). The van der Waals surface area contributed by atoms with Crippen LogP contribution in [0, 0.1) is 5.92 Å². The number of esters is 1. The normalized spacial score (nSPS) is 15.0. The van der Waals surface area contributed by atoms with Gasteiger partial charge in [-0.3, -0.25) is 4.79 Å². The van der Waals surface area contributed by atoms with Crippen LogP contribution in [-0.4, -0.2) is 16.4 Å². The van der Waals surface area contributed by atoms with E-state index in [9.17, 15) is 18.0 Å². The minimum absolute atomic E-state index is 0.130. The maximum Gasteiger partial charge on any atom is 0.416 e. The molecule has 136 valence electrons. The molecular weight excluding hydrogens is 388 g/mol. The van der Waals surface area contributed by atoms with Gasteiger partial charge in [-0.1, -0.05) is 67.2 Å². The Hall–Kier alpha value is -0.650. The predicted molar refractivity (Wildman–Crippen MR) is 89.5 cm³/mol. The third-order valence-corrected chi connectivity index (χ3v) is 3.87. The molecule has 0 amide bonds. The number of hydrogen-bond donors (Lipinski definition) is 0. The highest BCUT2D eigenvalue weighted by Gasteiger charge is 2.33. The van der Waals surface area contributed by atoms with Crippen LogP contribution in [0.3, 0.4) is 0 Å². The van der Waals surface area contributed by atoms with Crippen molar-refractivity contribution in [3.05, 3.63) is 35.4 Å². The van der Waals surface area contributed by atoms with Gasteiger partial charge in [-0.25, -0.2) is 0 Å². The molecule has 0 fully saturated rings. The molecule has 0 bridgehead atoms. The molecule has 0 aliphatic carbocycles. The van der Waals surface area contributed by atoms with Gasteiger partial charge in [0.1, 0.15) is 6.61 Å². The highest BCUT2D eigenvalue weighted by molar-refractivity contribution is 6.67. The van der Waals surface area contributed by atoms with Crippen molar-refractivity contribution in [1.29, 1.82) is 0 Å². The first-order chi connectivity index (χ1) is 11.0. The molecule has 0 saturated heterocycles. The Morgan fingerprint density at radius 3 is 2.12 bits per heavy atom. The van der Waals surface area contributed by atoms with Crippen molar-refractivity contribution in [3.63, 3.8) is 0 Å². The van der Waals surface area contributed by atoms with Gasteiger partial charge in [0.15, 0.2) is 0 Å². The Morgan fingerprint density at radius 2 is 1.71 bits per heavy atom. The van der Waals surface area contributed by atoms with E-state index in [1.165, 1.54) is 12.1 Å². The lowest BCUT2D eigenvalue weighted by atomic mass is 9.84. The number of alkyl halides is 6. The molecule has 0 aliphatic rings. The van der Waals surface area contributed by atoms with Crippen LogP contribution in [0.15, 0.2) is 24.3 Å². The lowest BCUT2D eigenvalue weighted by Gasteiger charge is -2.24. The van der Waals surface area contributed by atoms with Gasteiger partial charge in [0.25, 0.3) is 0 Å². The Bertz CT molecular complexity index is 539. The third kappa shape index (κ3) is 6.69. The van der Waals surface area contributed by atoms with E-state index in [1.807, 2.05) is 13.8 Å². The zero-order valence-corrected chi connectivity index (χ0v) is 15.4. The fourth-order valence-electron chi connectivity index (χ4n) is 2.44. The van der Waals surface area contributed by atoms with E-state index >= 15 is 0 Å². The number of benzene rings is 1. The van der Waals surface area contributed by atoms with Gasteiger partial charge in [-0.15, -0.1) is 0 Å². The van der Waals surface area contributed by atoms with E-state index in [-0.39, 0.29) is 5.92 Å². The van der Waals surface area contributed by atoms with Gasteiger partial charge in [-0.2, -0.15) is 13.2 Å². The van der Waals surface area contributed by atoms with Gasteiger partial charge in [0.2, 0.25) is 3.79 Å². The average molecular weight is 406 g/mol. The van der Waals surface area contributed by atoms with Crippen LogP contribution < -0.4 is 0 Å². The van der Waals surface area contributed by atoms with Crippen LogP contribution in [0.4, 0.5) is 13.2 Å². The van der Waals surface area contributed by atoms with Crippen LogP contribution in [0.25, 0.3) is 0 Å². The molecule has 8 heteroatoms. The molecule has 0 heterocycles. The second kappa shape index (κ2) is 8.63. The summed E-state index contributed by atoms with van der Waals surface area (Å²) in [5.74, 6) is -1.48. The minimum atomic E-state index is -4.43. The summed E-state index contributed by atoms with van der Waals surface area (Å²) < 4.78 is 41.3. The lowest BCUT2D eigenvalue weighted by molar-refractivity contribution is -0.146. The molecule has 1 aromatic rings. The smallest absolute Gasteiger partial charge is 0.416 e. The number of carbonyl (C=O) groups excluding carboxylic acids is 1. The Labute approximate surface area is 154 Å². The molecule has 0 unspecified atom stereocenters. The fourth-order valence-corrected chi connectivity index (χ4v) is 2.60. The summed E-state index contributed by atoms with van der Waals surface area (Å²) in [5.41, 5.74) is -0.332. The van der Waals surface area contributed by atoms with E-state index in [0.717, 1.165) is 18.6 Å². The van der Waals surface area contributed by atoms with Gasteiger partial charge in [0.05, 0.1) is 11.5 Å². The molecule has 24 heavy (non-hydrogen) atoms. The second-order valence-electron chi connectivity index (χ2n) is 5.59. The molecular formula is C16H18Cl3F3O2. The number of halogens is 6. The predicted octanol–water partition coefficient (Wildman–Crippen LogP) is 6.14. The Kier molecular flexibility index (Phi) is 7.70. The highest BCUT2D eigenvalue weighted by Crippen LogP contribution is 2.34. The lowest BCUT2D eigenvalue weighted by Crippen LogP contribution is -2.26. The first kappa shape index (κ1) is 21.4. The zero-order valence-electron chi connectivity index (χ0n) is 13.2. The van der Waals surface area contributed by atoms with E-state index in [2.05, 4.69) is 0 Å². The summed E-state index contributed by atoms with van der Waals surface area (Å²) in [4.78, 5) is 12.4. The minimum Gasteiger partial charge on any atom is -0.461 e. The van der Waals surface area contributed by atoms with Crippen molar-refractivity contribution in [2.45, 2.75) is 42.6 Å². The molecule has 0 N–H and O–H groups in total. The standard InChI is InChI=1S/C16H18Cl3F3O2/c1-3-4-10(2)13(14(23)24-9-15(17,18)19)11-5-7-12(8-6-11)16(20,21)22/h5-8,10,13H,3-4,9H2,1-2H3/t10-,13+/m1/s1. The van der Waals surface area contributed by atoms with Crippen LogP contribution in [-0.2, 0) is 15.7 Å². The third-order valence-electron chi connectivity index (χ3n) is 3.54. The van der Waals surface area contributed by atoms with Crippen molar-refractivity contribution in [1.82, 2.24) is 0 Å². The summed E-state index contributed by atoms with van der Waals surface area (Å²) >= 11 is 16.7. The molecule has 2 atom stereocenters. The molecule has 0 aliphatic heterocycles. The van der Waals surface area contributed by atoms with Crippen molar-refractivity contribution in [3.8, 4) is 0 Å². The summed E-state index contributed by atoms with van der Waals surface area (Å²) in [6.45, 7) is 3.36. The Morgan fingerprint density at radius 1 is 1.17 bits per heavy atom. The van der Waals surface area contributed by atoms with E-state index in [1.54, 1.807) is 0 Å². The SMILES string of the molecule is CCC[C@@H](C)[C@H](C(=O)OCC(Cl)(Cl)Cl)c1ccc(C(F)(F)F)cc1. The zero-order chi connectivity index (χ0) is 18.5. The van der Waals surface area contributed by atoms with Crippen molar-refractivity contribution in [2.75, 3.05) is 6.61 Å². The van der Waals surface area contributed by atoms with Crippen LogP contribution in [0.2, 0.25) is 0 Å². The monoisotopic (exact) mass is 404 g/mol. The van der Waals surface area contributed by atoms with Gasteiger partial charge < -0.3 is 4.74 Å². The summed E-state index contributed by atoms with van der Waals surface area (Å²) in [6.07, 6.45) is -2.91. The molecule has 1 aromatic carbocycles. The van der Waals surface area contributed by atoms with Gasteiger partial charge in [0, 0.05) is 0 Å². The number of rotatable bonds is 6. The van der Waals surface area contributed by atoms with Crippen LogP contribution in [0.5, 0.6) is 0 Å². The maximum absolute atomic E-state index is 12.7. The number of hydrogen-bond acceptors (Lipinski definition) is 2. The van der Waals surface area contributed by atoms with Gasteiger partial charge in [-0.05, 0) is 30.0 Å². The summed E-state index contributed by atoms with van der Waals surface area (Å²) in [7, 11) is 0. The first-order valence-corrected chi connectivity index (χ1v) is 8.49. The maximum atomic E-state index is 12.7. The average Bonchev–Trinajstić information content (AvgIpc) is 2.44. The fraction of sp³-hybridized carbons (Fsp3) is 0.562. The van der Waals surface area contributed by atoms with E-state index < -0.39 is 34.0 Å². The van der Waals surface area contributed by atoms with Crippen LogP contribution in [0.1, 0.15) is 43.7 Å². The molecule has 0 radical (unpaired) electrons. The quantitative estimate of drug-likeness (QED) is 0.420. The molecule has 0 aromatic heterocycles. The summed E-state index contributed by atoms with van der Waals surface area (Å²) in [6, 6.07) is 4.47. The van der Waals surface area contributed by atoms with Crippen molar-refractivity contribution < 1.29 is 22.7 Å². The second-order valence-corrected chi connectivity index (χ2v) is 8.10. The van der Waals surface area contributed by atoms with Crippen molar-refractivity contribution in [2.24, 2.45) is 5.92 Å². The number of carbonyl (C=O) groups is 1. The van der Waals surface area contributed by atoms with E-state index in [4.69, 9.17) is 39.5 Å². The van der Waals surface area contributed by atoms with Crippen LogP contribution >= 0.6 is 34.8 Å². The molecule has 2 nitrogen and oxygen atoms in total. The van der Waals surface area contributed by atoms with Crippen molar-refractivity contribution >= 4 is 40.8 Å². The highest BCUT2D eigenvalue weighted by atomic mass is 35.6. The molecule has 0 saturated carbocycles. The van der Waals surface area contributed by atoms with Gasteiger partial charge >= 0.3 is 12.1 Å². The first-order valence-electron chi connectivity index (χ1n) is 7.36. The molecule has 0 spiro atoms. The van der Waals surface area contributed by atoms with E-state index in [0.29, 0.717) is 12.0 Å². The topological polar surface area (TPSA) is 26.3 Å². The summed E-state index contributed by atoms with van der Waals surface area (Å²) in [5, 5.41) is 0. The number of ether oxygens (including phenoxy) is 1.